The van der Waals surface area contributed by atoms with Gasteiger partial charge in [0.25, 0.3) is 0 Å². The minimum absolute atomic E-state index is 0.341. The van der Waals surface area contributed by atoms with Crippen LogP contribution in [-0.2, 0) is 5.41 Å². The quantitative estimate of drug-likeness (QED) is 0.797. The molecule has 1 saturated heterocycles. The van der Waals surface area contributed by atoms with Gasteiger partial charge in [-0.3, -0.25) is 0 Å². The molecule has 1 aliphatic carbocycles. The van der Waals surface area contributed by atoms with Crippen LogP contribution in [0.25, 0.3) is 0 Å². The maximum absolute atomic E-state index is 6.07. The van der Waals surface area contributed by atoms with E-state index in [1.807, 2.05) is 12.1 Å². The van der Waals surface area contributed by atoms with Gasteiger partial charge in [0.05, 0.1) is 10.0 Å². The molecule has 3 atom stereocenters. The molecule has 2 aliphatic rings. The minimum Gasteiger partial charge on any atom is -0.313 e. The van der Waals surface area contributed by atoms with E-state index in [9.17, 15) is 0 Å². The van der Waals surface area contributed by atoms with Crippen molar-refractivity contribution in [3.63, 3.8) is 0 Å². The zero-order valence-electron chi connectivity index (χ0n) is 8.56. The van der Waals surface area contributed by atoms with Gasteiger partial charge in [-0.1, -0.05) is 29.3 Å². The summed E-state index contributed by atoms with van der Waals surface area (Å²) in [5.41, 5.74) is 1.69. The Labute approximate surface area is 99.8 Å². The molecule has 15 heavy (non-hydrogen) atoms. The lowest BCUT2D eigenvalue weighted by atomic mass is 9.89. The van der Waals surface area contributed by atoms with E-state index in [1.54, 1.807) is 0 Å². The lowest BCUT2D eigenvalue weighted by Crippen LogP contribution is -2.31. The summed E-state index contributed by atoms with van der Waals surface area (Å²) in [6.45, 7) is 3.40. The highest BCUT2D eigenvalue weighted by atomic mass is 35.5. The highest BCUT2D eigenvalue weighted by molar-refractivity contribution is 6.42. The molecule has 1 N–H and O–H groups in total. The number of nitrogens with one attached hydrogen (secondary N) is 1. The Hall–Kier alpha value is -0.240. The Morgan fingerprint density at radius 3 is 2.67 bits per heavy atom. The second-order valence-electron chi connectivity index (χ2n) is 4.70. The molecular weight excluding hydrogens is 229 g/mol. The predicted molar refractivity (Wildman–Crippen MR) is 63.7 cm³/mol. The monoisotopic (exact) mass is 241 g/mol. The third-order valence-electron chi connectivity index (χ3n) is 4.05. The molecule has 0 spiro atoms. The molecule has 1 aromatic rings. The highest BCUT2D eigenvalue weighted by Crippen LogP contribution is 2.59. The molecule has 3 heteroatoms. The Morgan fingerprint density at radius 2 is 2.13 bits per heavy atom. The van der Waals surface area contributed by atoms with E-state index in [1.165, 1.54) is 12.0 Å². The van der Waals surface area contributed by atoms with Crippen LogP contribution in [0.5, 0.6) is 0 Å². The van der Waals surface area contributed by atoms with Crippen molar-refractivity contribution in [3.05, 3.63) is 33.8 Å². The molecule has 1 saturated carbocycles. The second-order valence-corrected chi connectivity index (χ2v) is 5.51. The molecule has 0 unspecified atom stereocenters. The van der Waals surface area contributed by atoms with Gasteiger partial charge >= 0.3 is 0 Å². The third kappa shape index (κ3) is 1.27. The van der Waals surface area contributed by atoms with Gasteiger partial charge in [0.2, 0.25) is 0 Å². The van der Waals surface area contributed by atoms with Gasteiger partial charge in [-0.25, -0.2) is 0 Å². The zero-order chi connectivity index (χ0) is 10.6. The summed E-state index contributed by atoms with van der Waals surface area (Å²) in [6, 6.07) is 6.62. The van der Waals surface area contributed by atoms with E-state index in [2.05, 4.69) is 18.3 Å². The standard InChI is InChI=1S/C12H13Cl2N/c1-7-12(5-9(12)6-15-7)8-2-3-10(13)11(14)4-8/h2-4,7,9,15H,5-6H2,1H3/t7-,9+,12+/m0/s1. The van der Waals surface area contributed by atoms with Crippen LogP contribution in [0, 0.1) is 5.92 Å². The van der Waals surface area contributed by atoms with Gasteiger partial charge < -0.3 is 5.32 Å². The summed E-state index contributed by atoms with van der Waals surface area (Å²) in [4.78, 5) is 0. The number of piperidine rings is 1. The lowest BCUT2D eigenvalue weighted by Gasteiger charge is -2.20. The summed E-state index contributed by atoms with van der Waals surface area (Å²) in [5, 5.41) is 4.84. The maximum Gasteiger partial charge on any atom is 0.0595 e. The smallest absolute Gasteiger partial charge is 0.0595 e. The van der Waals surface area contributed by atoms with Gasteiger partial charge in [-0.05, 0) is 43.5 Å². The number of halogens is 2. The Bertz CT molecular complexity index is 418. The number of benzene rings is 1. The first kappa shape index (κ1) is 9.95. The van der Waals surface area contributed by atoms with Crippen LogP contribution in [-0.4, -0.2) is 12.6 Å². The summed E-state index contributed by atoms with van der Waals surface area (Å²) < 4.78 is 0. The molecule has 0 amide bonds. The van der Waals surface area contributed by atoms with E-state index in [0.29, 0.717) is 21.5 Å². The molecule has 3 rings (SSSR count). The first-order valence-electron chi connectivity index (χ1n) is 5.33. The second kappa shape index (κ2) is 3.13. The fourth-order valence-corrected chi connectivity index (χ4v) is 3.32. The van der Waals surface area contributed by atoms with Crippen molar-refractivity contribution in [3.8, 4) is 0 Å². The Morgan fingerprint density at radius 1 is 1.33 bits per heavy atom. The summed E-state index contributed by atoms with van der Waals surface area (Å²) in [7, 11) is 0. The molecule has 0 bridgehead atoms. The van der Waals surface area contributed by atoms with Crippen molar-refractivity contribution >= 4 is 23.2 Å². The molecule has 0 radical (unpaired) electrons. The molecule has 0 aromatic heterocycles. The van der Waals surface area contributed by atoms with Gasteiger partial charge in [0, 0.05) is 11.5 Å². The van der Waals surface area contributed by atoms with Crippen molar-refractivity contribution in [2.45, 2.75) is 24.8 Å². The fraction of sp³-hybridized carbons (Fsp3) is 0.500. The van der Waals surface area contributed by atoms with Gasteiger partial charge in [-0.15, -0.1) is 0 Å². The van der Waals surface area contributed by atoms with Gasteiger partial charge in [0.1, 0.15) is 0 Å². The SMILES string of the molecule is C[C@@H]1NC[C@H]2C[C@@]21c1ccc(Cl)c(Cl)c1. The van der Waals surface area contributed by atoms with Gasteiger partial charge in [-0.2, -0.15) is 0 Å². The Balaban J connectivity index is 2.03. The largest absolute Gasteiger partial charge is 0.313 e. The molecule has 1 nitrogen and oxygen atoms in total. The van der Waals surface area contributed by atoms with Crippen LogP contribution >= 0.6 is 23.2 Å². The van der Waals surface area contributed by atoms with E-state index < -0.39 is 0 Å². The molecule has 1 heterocycles. The van der Waals surface area contributed by atoms with Crippen molar-refractivity contribution < 1.29 is 0 Å². The van der Waals surface area contributed by atoms with Crippen molar-refractivity contribution in [2.24, 2.45) is 5.92 Å². The van der Waals surface area contributed by atoms with Crippen molar-refractivity contribution in [1.29, 1.82) is 0 Å². The summed E-state index contributed by atoms with van der Waals surface area (Å²) >= 11 is 12.0. The van der Waals surface area contributed by atoms with E-state index in [0.717, 1.165) is 12.5 Å². The molecule has 2 fully saturated rings. The van der Waals surface area contributed by atoms with Crippen LogP contribution in [0.1, 0.15) is 18.9 Å². The van der Waals surface area contributed by atoms with Crippen molar-refractivity contribution in [1.82, 2.24) is 5.32 Å². The average molecular weight is 242 g/mol. The van der Waals surface area contributed by atoms with Crippen LogP contribution in [0.2, 0.25) is 10.0 Å². The van der Waals surface area contributed by atoms with Crippen molar-refractivity contribution in [2.75, 3.05) is 6.54 Å². The molecular formula is C12H13Cl2N. The normalized spacial score (nSPS) is 37.8. The minimum atomic E-state index is 0.341. The van der Waals surface area contributed by atoms with Crippen LogP contribution < -0.4 is 5.32 Å². The molecule has 1 aromatic carbocycles. The highest BCUT2D eigenvalue weighted by Gasteiger charge is 2.62. The molecule has 80 valence electrons. The van der Waals surface area contributed by atoms with Crippen LogP contribution in [0.4, 0.5) is 0 Å². The first-order valence-corrected chi connectivity index (χ1v) is 6.09. The number of fused-ring (bicyclic) bond motifs is 1. The lowest BCUT2D eigenvalue weighted by molar-refractivity contribution is 0.520. The predicted octanol–water partition coefficient (Wildman–Crippen LogP) is 3.24. The third-order valence-corrected chi connectivity index (χ3v) is 4.79. The topological polar surface area (TPSA) is 12.0 Å². The fourth-order valence-electron chi connectivity index (χ4n) is 3.02. The number of hydrogen-bond acceptors (Lipinski definition) is 1. The van der Waals surface area contributed by atoms with Crippen LogP contribution in [0.3, 0.4) is 0 Å². The maximum atomic E-state index is 6.07. The zero-order valence-corrected chi connectivity index (χ0v) is 10.1. The Kier molecular flexibility index (Phi) is 2.08. The number of rotatable bonds is 1. The van der Waals surface area contributed by atoms with E-state index >= 15 is 0 Å². The van der Waals surface area contributed by atoms with Gasteiger partial charge in [0.15, 0.2) is 0 Å². The summed E-state index contributed by atoms with van der Waals surface area (Å²) in [6.07, 6.45) is 1.29. The molecule has 1 aliphatic heterocycles. The first-order chi connectivity index (χ1) is 7.14. The van der Waals surface area contributed by atoms with E-state index in [-0.39, 0.29) is 0 Å². The van der Waals surface area contributed by atoms with Crippen LogP contribution in [0.15, 0.2) is 18.2 Å². The summed E-state index contributed by atoms with van der Waals surface area (Å²) in [5.74, 6) is 0.796. The average Bonchev–Trinajstić information content (AvgIpc) is 2.87. The van der Waals surface area contributed by atoms with E-state index in [4.69, 9.17) is 23.2 Å². The number of hydrogen-bond donors (Lipinski definition) is 1.